The largest absolute Gasteiger partial charge is 0.315 e. The van der Waals surface area contributed by atoms with Crippen LogP contribution < -0.4 is 5.32 Å². The highest BCUT2D eigenvalue weighted by Gasteiger charge is 2.35. The summed E-state index contributed by atoms with van der Waals surface area (Å²) in [5, 5.41) is 3.67. The molecule has 0 aromatic heterocycles. The lowest BCUT2D eigenvalue weighted by molar-refractivity contribution is 0.0584. The molecule has 0 spiro atoms. The maximum absolute atomic E-state index is 3.67. The minimum absolute atomic E-state index is 0.669. The zero-order valence-electron chi connectivity index (χ0n) is 13.4. The summed E-state index contributed by atoms with van der Waals surface area (Å²) in [6.45, 7) is 6.01. The third-order valence-electron chi connectivity index (χ3n) is 5.56. The smallest absolute Gasteiger partial charge is 0.0376 e. The van der Waals surface area contributed by atoms with Crippen LogP contribution in [0.3, 0.4) is 0 Å². The van der Waals surface area contributed by atoms with Gasteiger partial charge in [-0.05, 0) is 45.8 Å². The van der Waals surface area contributed by atoms with Crippen molar-refractivity contribution >= 4 is 0 Å². The van der Waals surface area contributed by atoms with Gasteiger partial charge in [0.2, 0.25) is 0 Å². The van der Waals surface area contributed by atoms with E-state index in [2.05, 4.69) is 43.2 Å². The van der Waals surface area contributed by atoms with Gasteiger partial charge in [0.25, 0.3) is 0 Å². The van der Waals surface area contributed by atoms with E-state index in [4.69, 9.17) is 0 Å². The van der Waals surface area contributed by atoms with Crippen LogP contribution in [0.1, 0.15) is 39.0 Å². The fraction of sp³-hybridized carbons (Fsp3) is 1.00. The molecule has 2 aliphatic rings. The van der Waals surface area contributed by atoms with Crippen molar-refractivity contribution in [1.82, 2.24) is 15.1 Å². The summed E-state index contributed by atoms with van der Waals surface area (Å²) in [6, 6.07) is 1.35. The van der Waals surface area contributed by atoms with E-state index < -0.39 is 0 Å². The number of piperazine rings is 1. The van der Waals surface area contributed by atoms with E-state index in [1.807, 2.05) is 0 Å². The standard InChI is InChI=1S/C16H33N3/c1-5-13-7-6-8-14(11-13)16(17-2)15-12-18(3)9-10-19(15)4/h13-17H,5-12H2,1-4H3. The summed E-state index contributed by atoms with van der Waals surface area (Å²) < 4.78 is 0. The molecule has 2 rings (SSSR count). The summed E-state index contributed by atoms with van der Waals surface area (Å²) in [5.41, 5.74) is 0. The topological polar surface area (TPSA) is 18.5 Å². The molecule has 4 unspecified atom stereocenters. The van der Waals surface area contributed by atoms with E-state index in [-0.39, 0.29) is 0 Å². The Morgan fingerprint density at radius 2 is 2.00 bits per heavy atom. The highest BCUT2D eigenvalue weighted by Crippen LogP contribution is 2.34. The van der Waals surface area contributed by atoms with E-state index in [0.717, 1.165) is 11.8 Å². The molecule has 2 fully saturated rings. The molecular weight excluding hydrogens is 234 g/mol. The Bertz CT molecular complexity index is 269. The molecule has 1 saturated carbocycles. The van der Waals surface area contributed by atoms with E-state index in [1.165, 1.54) is 51.7 Å². The molecule has 0 bridgehead atoms. The fourth-order valence-electron chi connectivity index (χ4n) is 4.20. The Balaban J connectivity index is 2.01. The Morgan fingerprint density at radius 3 is 2.68 bits per heavy atom. The second kappa shape index (κ2) is 7.05. The normalized spacial score (nSPS) is 36.3. The molecule has 19 heavy (non-hydrogen) atoms. The summed E-state index contributed by atoms with van der Waals surface area (Å²) in [4.78, 5) is 5.08. The molecule has 1 heterocycles. The zero-order chi connectivity index (χ0) is 13.8. The average molecular weight is 267 g/mol. The van der Waals surface area contributed by atoms with Gasteiger partial charge < -0.3 is 10.2 Å². The summed E-state index contributed by atoms with van der Waals surface area (Å²) in [5.74, 6) is 1.85. The third-order valence-corrected chi connectivity index (χ3v) is 5.56. The van der Waals surface area contributed by atoms with Gasteiger partial charge in [0.15, 0.2) is 0 Å². The number of nitrogens with one attached hydrogen (secondary N) is 1. The van der Waals surface area contributed by atoms with Gasteiger partial charge in [-0.15, -0.1) is 0 Å². The number of rotatable bonds is 4. The van der Waals surface area contributed by atoms with Crippen molar-refractivity contribution in [1.29, 1.82) is 0 Å². The average Bonchev–Trinajstić information content (AvgIpc) is 2.44. The van der Waals surface area contributed by atoms with Crippen molar-refractivity contribution in [2.24, 2.45) is 11.8 Å². The van der Waals surface area contributed by atoms with Crippen LogP contribution in [-0.2, 0) is 0 Å². The molecule has 0 amide bonds. The van der Waals surface area contributed by atoms with Crippen molar-refractivity contribution in [3.63, 3.8) is 0 Å². The monoisotopic (exact) mass is 267 g/mol. The predicted octanol–water partition coefficient (Wildman–Crippen LogP) is 2.04. The molecule has 0 aromatic rings. The highest BCUT2D eigenvalue weighted by atomic mass is 15.3. The van der Waals surface area contributed by atoms with Crippen LogP contribution in [0.25, 0.3) is 0 Å². The number of hydrogen-bond donors (Lipinski definition) is 1. The molecule has 3 nitrogen and oxygen atoms in total. The summed E-state index contributed by atoms with van der Waals surface area (Å²) in [6.07, 6.45) is 7.14. The van der Waals surface area contributed by atoms with Crippen LogP contribution in [-0.4, -0.2) is 62.7 Å². The summed E-state index contributed by atoms with van der Waals surface area (Å²) in [7, 11) is 6.74. The summed E-state index contributed by atoms with van der Waals surface area (Å²) >= 11 is 0. The van der Waals surface area contributed by atoms with Crippen molar-refractivity contribution in [3.05, 3.63) is 0 Å². The Labute approximate surface area is 119 Å². The van der Waals surface area contributed by atoms with E-state index in [1.54, 1.807) is 0 Å². The van der Waals surface area contributed by atoms with Gasteiger partial charge in [-0.1, -0.05) is 26.2 Å². The maximum Gasteiger partial charge on any atom is 0.0376 e. The van der Waals surface area contributed by atoms with Crippen LogP contribution in [0.15, 0.2) is 0 Å². The third kappa shape index (κ3) is 3.71. The number of likely N-dealkylation sites (N-methyl/N-ethyl adjacent to an activating group) is 3. The minimum atomic E-state index is 0.669. The van der Waals surface area contributed by atoms with E-state index in [0.29, 0.717) is 12.1 Å². The van der Waals surface area contributed by atoms with Crippen LogP contribution in [0.4, 0.5) is 0 Å². The molecule has 1 aliphatic heterocycles. The van der Waals surface area contributed by atoms with Gasteiger partial charge in [-0.2, -0.15) is 0 Å². The lowest BCUT2D eigenvalue weighted by Crippen LogP contribution is -2.60. The van der Waals surface area contributed by atoms with Crippen molar-refractivity contribution in [2.45, 2.75) is 51.1 Å². The molecule has 1 N–H and O–H groups in total. The van der Waals surface area contributed by atoms with Crippen LogP contribution in [0.5, 0.6) is 0 Å². The lowest BCUT2D eigenvalue weighted by atomic mass is 9.74. The van der Waals surface area contributed by atoms with Gasteiger partial charge in [-0.3, -0.25) is 4.90 Å². The Morgan fingerprint density at radius 1 is 1.21 bits per heavy atom. The maximum atomic E-state index is 3.67. The molecule has 1 saturated heterocycles. The van der Waals surface area contributed by atoms with Gasteiger partial charge in [0.05, 0.1) is 0 Å². The Hall–Kier alpha value is -0.120. The van der Waals surface area contributed by atoms with E-state index in [9.17, 15) is 0 Å². The Kier molecular flexibility index (Phi) is 5.67. The van der Waals surface area contributed by atoms with Gasteiger partial charge in [0.1, 0.15) is 0 Å². The first-order valence-corrected chi connectivity index (χ1v) is 8.21. The highest BCUT2D eigenvalue weighted by molar-refractivity contribution is 4.93. The fourth-order valence-corrected chi connectivity index (χ4v) is 4.20. The van der Waals surface area contributed by atoms with Gasteiger partial charge >= 0.3 is 0 Å². The second-order valence-electron chi connectivity index (χ2n) is 6.83. The molecule has 0 radical (unpaired) electrons. The minimum Gasteiger partial charge on any atom is -0.315 e. The SMILES string of the molecule is CCC1CCCC(C(NC)C2CN(C)CCN2C)C1. The first-order valence-electron chi connectivity index (χ1n) is 8.21. The molecular formula is C16H33N3. The first-order chi connectivity index (χ1) is 9.15. The molecule has 1 aliphatic carbocycles. The van der Waals surface area contributed by atoms with Crippen molar-refractivity contribution < 1.29 is 0 Å². The second-order valence-corrected chi connectivity index (χ2v) is 6.83. The molecule has 0 aromatic carbocycles. The lowest BCUT2D eigenvalue weighted by Gasteiger charge is -2.46. The van der Waals surface area contributed by atoms with Gasteiger partial charge in [0, 0.05) is 31.7 Å². The van der Waals surface area contributed by atoms with Crippen molar-refractivity contribution in [2.75, 3.05) is 40.8 Å². The predicted molar refractivity (Wildman–Crippen MR) is 82.5 cm³/mol. The van der Waals surface area contributed by atoms with Crippen LogP contribution in [0, 0.1) is 11.8 Å². The quantitative estimate of drug-likeness (QED) is 0.841. The molecule has 3 heteroatoms. The molecule has 4 atom stereocenters. The molecule has 112 valence electrons. The zero-order valence-corrected chi connectivity index (χ0v) is 13.4. The van der Waals surface area contributed by atoms with Crippen LogP contribution >= 0.6 is 0 Å². The van der Waals surface area contributed by atoms with Crippen LogP contribution in [0.2, 0.25) is 0 Å². The van der Waals surface area contributed by atoms with Gasteiger partial charge in [-0.25, -0.2) is 0 Å². The first kappa shape index (κ1) is 15.3. The van der Waals surface area contributed by atoms with E-state index >= 15 is 0 Å². The number of hydrogen-bond acceptors (Lipinski definition) is 3. The number of nitrogens with zero attached hydrogens (tertiary/aromatic N) is 2. The van der Waals surface area contributed by atoms with Crippen molar-refractivity contribution in [3.8, 4) is 0 Å².